The average molecular weight is 423 g/mol. The van der Waals surface area contributed by atoms with E-state index in [1.807, 2.05) is 38.1 Å². The van der Waals surface area contributed by atoms with Gasteiger partial charge in [-0.05, 0) is 62.2 Å². The maximum absolute atomic E-state index is 12.9. The first-order chi connectivity index (χ1) is 14.2. The monoisotopic (exact) mass is 422 g/mol. The molecule has 0 fully saturated rings. The van der Waals surface area contributed by atoms with Crippen LogP contribution in [0.3, 0.4) is 0 Å². The van der Waals surface area contributed by atoms with Crippen LogP contribution < -0.4 is 9.62 Å². The molecule has 0 saturated heterocycles. The molecule has 0 saturated carbocycles. The number of benzene rings is 3. The van der Waals surface area contributed by atoms with Crippen LogP contribution in [0.2, 0.25) is 0 Å². The number of nitrogens with zero attached hydrogens (tertiary/aromatic N) is 1. The molecule has 3 aromatic carbocycles. The van der Waals surface area contributed by atoms with Crippen LogP contribution >= 0.6 is 0 Å². The molecule has 0 aliphatic carbocycles. The van der Waals surface area contributed by atoms with Gasteiger partial charge in [-0.3, -0.25) is 9.10 Å². The molecule has 1 unspecified atom stereocenters. The van der Waals surface area contributed by atoms with Crippen LogP contribution in [-0.4, -0.2) is 21.4 Å². The highest BCUT2D eigenvalue weighted by atomic mass is 32.2. The minimum absolute atomic E-state index is 0.140. The summed E-state index contributed by atoms with van der Waals surface area (Å²) in [5.74, 6) is -0.203. The summed E-state index contributed by atoms with van der Waals surface area (Å²) in [7, 11) is -2.16. The summed E-state index contributed by atoms with van der Waals surface area (Å²) in [6.45, 7) is 5.75. The summed E-state index contributed by atoms with van der Waals surface area (Å²) >= 11 is 0. The molecular weight excluding hydrogens is 396 g/mol. The Morgan fingerprint density at radius 3 is 2.17 bits per heavy atom. The van der Waals surface area contributed by atoms with Crippen molar-refractivity contribution < 1.29 is 13.2 Å². The van der Waals surface area contributed by atoms with Gasteiger partial charge in [-0.1, -0.05) is 48.0 Å². The summed E-state index contributed by atoms with van der Waals surface area (Å²) in [5.41, 5.74) is 3.91. The van der Waals surface area contributed by atoms with Crippen LogP contribution in [-0.2, 0) is 10.0 Å². The van der Waals surface area contributed by atoms with E-state index in [-0.39, 0.29) is 16.8 Å². The highest BCUT2D eigenvalue weighted by Crippen LogP contribution is 2.26. The minimum atomic E-state index is -3.67. The van der Waals surface area contributed by atoms with Crippen molar-refractivity contribution in [3.63, 3.8) is 0 Å². The van der Waals surface area contributed by atoms with Crippen molar-refractivity contribution in [2.75, 3.05) is 11.4 Å². The molecule has 0 heterocycles. The van der Waals surface area contributed by atoms with Gasteiger partial charge in [0.2, 0.25) is 0 Å². The Balaban J connectivity index is 1.79. The molecular formula is C24H26N2O3S. The third-order valence-corrected chi connectivity index (χ3v) is 6.91. The van der Waals surface area contributed by atoms with E-state index in [0.717, 1.165) is 11.1 Å². The van der Waals surface area contributed by atoms with Crippen LogP contribution in [0.25, 0.3) is 0 Å². The van der Waals surface area contributed by atoms with Crippen molar-refractivity contribution in [2.45, 2.75) is 31.7 Å². The molecule has 3 aromatic rings. The normalized spacial score (nSPS) is 12.3. The van der Waals surface area contributed by atoms with E-state index >= 15 is 0 Å². The number of aryl methyl sites for hydroxylation is 2. The van der Waals surface area contributed by atoms with Gasteiger partial charge in [0.1, 0.15) is 0 Å². The van der Waals surface area contributed by atoms with Crippen molar-refractivity contribution in [1.82, 2.24) is 5.32 Å². The van der Waals surface area contributed by atoms with E-state index in [4.69, 9.17) is 0 Å². The molecule has 30 heavy (non-hydrogen) atoms. The van der Waals surface area contributed by atoms with E-state index in [1.54, 1.807) is 55.5 Å². The van der Waals surface area contributed by atoms with Gasteiger partial charge in [0.15, 0.2) is 0 Å². The molecule has 5 nitrogen and oxygen atoms in total. The van der Waals surface area contributed by atoms with Gasteiger partial charge >= 0.3 is 0 Å². The summed E-state index contributed by atoms with van der Waals surface area (Å²) in [4.78, 5) is 12.9. The largest absolute Gasteiger partial charge is 0.346 e. The zero-order valence-corrected chi connectivity index (χ0v) is 18.4. The third kappa shape index (κ3) is 4.54. The quantitative estimate of drug-likeness (QED) is 0.630. The zero-order chi connectivity index (χ0) is 21.9. The third-order valence-electron chi connectivity index (χ3n) is 5.12. The lowest BCUT2D eigenvalue weighted by Gasteiger charge is -2.22. The Hall–Kier alpha value is -3.12. The second kappa shape index (κ2) is 8.71. The van der Waals surface area contributed by atoms with Crippen molar-refractivity contribution >= 4 is 21.6 Å². The molecule has 1 atom stereocenters. The Morgan fingerprint density at radius 2 is 1.57 bits per heavy atom. The van der Waals surface area contributed by atoms with E-state index in [0.29, 0.717) is 16.8 Å². The fraction of sp³-hybridized carbons (Fsp3) is 0.208. The first-order valence-electron chi connectivity index (χ1n) is 9.72. The molecule has 156 valence electrons. The van der Waals surface area contributed by atoms with Gasteiger partial charge in [-0.15, -0.1) is 0 Å². The lowest BCUT2D eigenvalue weighted by atomic mass is 10.1. The second-order valence-electron chi connectivity index (χ2n) is 7.39. The van der Waals surface area contributed by atoms with Gasteiger partial charge in [0, 0.05) is 12.6 Å². The van der Waals surface area contributed by atoms with Crippen molar-refractivity contribution in [1.29, 1.82) is 0 Å². The van der Waals surface area contributed by atoms with Crippen LogP contribution in [0.4, 0.5) is 5.69 Å². The van der Waals surface area contributed by atoms with Gasteiger partial charge < -0.3 is 5.32 Å². The Morgan fingerprint density at radius 1 is 0.933 bits per heavy atom. The number of carbonyl (C=O) groups is 1. The Kier molecular flexibility index (Phi) is 6.27. The first-order valence-corrected chi connectivity index (χ1v) is 11.2. The van der Waals surface area contributed by atoms with E-state index < -0.39 is 10.0 Å². The SMILES string of the molecule is Cc1ccc(C(C)NC(=O)c2ccc(N(C)S(=O)(=O)c3ccccc3)c(C)c2)cc1. The summed E-state index contributed by atoms with van der Waals surface area (Å²) in [5, 5.41) is 2.99. The summed E-state index contributed by atoms with van der Waals surface area (Å²) in [6.07, 6.45) is 0. The number of anilines is 1. The second-order valence-corrected chi connectivity index (χ2v) is 9.36. The van der Waals surface area contributed by atoms with Crippen molar-refractivity contribution in [3.8, 4) is 0 Å². The molecule has 0 spiro atoms. The highest BCUT2D eigenvalue weighted by Gasteiger charge is 2.23. The van der Waals surface area contributed by atoms with E-state index in [1.165, 1.54) is 11.4 Å². The number of carbonyl (C=O) groups excluding carboxylic acids is 1. The molecule has 1 N–H and O–H groups in total. The fourth-order valence-electron chi connectivity index (χ4n) is 3.25. The molecule has 0 bridgehead atoms. The Labute approximate surface area is 178 Å². The predicted molar refractivity (Wildman–Crippen MR) is 120 cm³/mol. The number of nitrogens with one attached hydrogen (secondary N) is 1. The average Bonchev–Trinajstić information content (AvgIpc) is 2.74. The van der Waals surface area contributed by atoms with Gasteiger partial charge in [-0.2, -0.15) is 0 Å². The zero-order valence-electron chi connectivity index (χ0n) is 17.6. The maximum Gasteiger partial charge on any atom is 0.264 e. The van der Waals surface area contributed by atoms with Crippen molar-refractivity contribution in [2.24, 2.45) is 0 Å². The number of hydrogen-bond donors (Lipinski definition) is 1. The lowest BCUT2D eigenvalue weighted by molar-refractivity contribution is 0.0940. The fourth-order valence-corrected chi connectivity index (χ4v) is 4.53. The minimum Gasteiger partial charge on any atom is -0.346 e. The number of rotatable bonds is 6. The molecule has 0 aromatic heterocycles. The molecule has 0 radical (unpaired) electrons. The molecule has 0 aliphatic rings. The number of sulfonamides is 1. The Bertz CT molecular complexity index is 1140. The van der Waals surface area contributed by atoms with Crippen LogP contribution in [0.1, 0.15) is 40.0 Å². The number of amides is 1. The molecule has 1 amide bonds. The van der Waals surface area contributed by atoms with Crippen LogP contribution in [0.5, 0.6) is 0 Å². The topological polar surface area (TPSA) is 66.5 Å². The van der Waals surface area contributed by atoms with Gasteiger partial charge in [-0.25, -0.2) is 8.42 Å². The molecule has 0 aliphatic heterocycles. The van der Waals surface area contributed by atoms with Crippen LogP contribution in [0, 0.1) is 13.8 Å². The van der Waals surface area contributed by atoms with E-state index in [2.05, 4.69) is 5.32 Å². The smallest absolute Gasteiger partial charge is 0.264 e. The van der Waals surface area contributed by atoms with Crippen LogP contribution in [0.15, 0.2) is 77.7 Å². The predicted octanol–water partition coefficient (Wildman–Crippen LogP) is 4.62. The molecule has 6 heteroatoms. The summed E-state index contributed by atoms with van der Waals surface area (Å²) in [6, 6.07) is 21.2. The standard InChI is InChI=1S/C24H26N2O3S/c1-17-10-12-20(13-11-17)19(3)25-24(27)21-14-15-23(18(2)16-21)26(4)30(28,29)22-8-6-5-7-9-22/h5-16,19H,1-4H3,(H,25,27). The summed E-state index contributed by atoms with van der Waals surface area (Å²) < 4.78 is 27.0. The maximum atomic E-state index is 12.9. The van der Waals surface area contributed by atoms with Gasteiger partial charge in [0.05, 0.1) is 16.6 Å². The number of hydrogen-bond acceptors (Lipinski definition) is 3. The lowest BCUT2D eigenvalue weighted by Crippen LogP contribution is -2.28. The first kappa shape index (κ1) is 21.6. The molecule has 3 rings (SSSR count). The van der Waals surface area contributed by atoms with E-state index in [9.17, 15) is 13.2 Å². The van der Waals surface area contributed by atoms with Gasteiger partial charge in [0.25, 0.3) is 15.9 Å². The van der Waals surface area contributed by atoms with Crippen molar-refractivity contribution in [3.05, 3.63) is 95.1 Å². The highest BCUT2D eigenvalue weighted by molar-refractivity contribution is 7.92.